The number of carbonyl (C=O) groups excluding carboxylic acids is 1. The zero-order valence-electron chi connectivity index (χ0n) is 10.1. The zero-order valence-corrected chi connectivity index (χ0v) is 10.1. The normalized spacial score (nSPS) is 12.7. The summed E-state index contributed by atoms with van der Waals surface area (Å²) in [6, 6.07) is 5.72. The van der Waals surface area contributed by atoms with Gasteiger partial charge in [0.05, 0.1) is 19.0 Å². The second-order valence-electron chi connectivity index (χ2n) is 4.15. The molecule has 1 aromatic carbocycles. The average molecular weight is 256 g/mol. The molecule has 0 bridgehead atoms. The summed E-state index contributed by atoms with van der Waals surface area (Å²) in [6.45, 7) is 0.123. The van der Waals surface area contributed by atoms with Crippen molar-refractivity contribution in [3.63, 3.8) is 0 Å². The fourth-order valence-electron chi connectivity index (χ4n) is 2.16. The van der Waals surface area contributed by atoms with Crippen LogP contribution in [0.5, 0.6) is 0 Å². The largest absolute Gasteiger partial charge is 0.395 e. The molecule has 0 saturated carbocycles. The van der Waals surface area contributed by atoms with E-state index in [0.29, 0.717) is 5.69 Å². The van der Waals surface area contributed by atoms with Gasteiger partial charge in [-0.3, -0.25) is 4.79 Å². The predicted molar refractivity (Wildman–Crippen MR) is 72.9 cm³/mol. The van der Waals surface area contributed by atoms with Crippen LogP contribution in [0.4, 0.5) is 0 Å². The highest BCUT2D eigenvalue weighted by Gasteiger charge is 2.18. The Morgan fingerprint density at radius 1 is 1.32 bits per heavy atom. The summed E-state index contributed by atoms with van der Waals surface area (Å²) in [5.74, 6) is -0.264. The number of nitrogens with zero attached hydrogens (tertiary/aromatic N) is 2. The van der Waals surface area contributed by atoms with Gasteiger partial charge >= 0.3 is 0 Å². The van der Waals surface area contributed by atoms with Gasteiger partial charge in [0.15, 0.2) is 0 Å². The standard InChI is InChI=1S/C13H12N4O2/c18-5-4-14-13(19)12-9-7-16-15-6-8-2-1-3-10(17-12)11(8)9/h1-3,6-7,17-18H,4-5H2,(H,14,19). The molecule has 6 nitrogen and oxygen atoms in total. The van der Waals surface area contributed by atoms with Crippen molar-refractivity contribution >= 4 is 29.2 Å². The van der Waals surface area contributed by atoms with Crippen molar-refractivity contribution in [3.05, 3.63) is 35.0 Å². The highest BCUT2D eigenvalue weighted by Crippen LogP contribution is 2.25. The molecule has 1 aliphatic rings. The minimum Gasteiger partial charge on any atom is -0.395 e. The van der Waals surface area contributed by atoms with Crippen LogP contribution in [0.3, 0.4) is 0 Å². The van der Waals surface area contributed by atoms with Gasteiger partial charge in [-0.05, 0) is 6.07 Å². The molecular formula is C13H12N4O2. The van der Waals surface area contributed by atoms with E-state index in [1.165, 1.54) is 0 Å². The Morgan fingerprint density at radius 3 is 3.00 bits per heavy atom. The first-order valence-corrected chi connectivity index (χ1v) is 5.91. The molecule has 3 rings (SSSR count). The predicted octanol–water partition coefficient (Wildman–Crippen LogP) is 0.656. The fraction of sp³-hybridized carbons (Fsp3) is 0.154. The Kier molecular flexibility index (Phi) is 2.85. The third kappa shape index (κ3) is 1.92. The SMILES string of the molecule is O=C(NCCO)c1[nH]c2cccc3c2c1C=NN=C3. The maximum absolute atomic E-state index is 12.0. The Morgan fingerprint density at radius 2 is 2.16 bits per heavy atom. The number of rotatable bonds is 3. The van der Waals surface area contributed by atoms with Crippen molar-refractivity contribution in [2.75, 3.05) is 13.2 Å². The highest BCUT2D eigenvalue weighted by atomic mass is 16.3. The molecule has 6 heteroatoms. The molecule has 0 spiro atoms. The van der Waals surface area contributed by atoms with E-state index < -0.39 is 0 Å². The van der Waals surface area contributed by atoms with E-state index in [9.17, 15) is 4.79 Å². The molecule has 0 atom stereocenters. The second kappa shape index (κ2) is 4.66. The van der Waals surface area contributed by atoms with E-state index in [4.69, 9.17) is 5.11 Å². The third-order valence-corrected chi connectivity index (χ3v) is 2.97. The molecule has 0 unspecified atom stereocenters. The lowest BCUT2D eigenvalue weighted by Crippen LogP contribution is -2.27. The zero-order chi connectivity index (χ0) is 13.2. The van der Waals surface area contributed by atoms with Crippen molar-refractivity contribution in [1.82, 2.24) is 10.3 Å². The van der Waals surface area contributed by atoms with Gasteiger partial charge in [0.25, 0.3) is 5.91 Å². The molecule has 96 valence electrons. The van der Waals surface area contributed by atoms with Gasteiger partial charge in [0.2, 0.25) is 0 Å². The number of H-pyrrole nitrogens is 1. The van der Waals surface area contributed by atoms with Crippen LogP contribution in [-0.4, -0.2) is 41.6 Å². The van der Waals surface area contributed by atoms with Gasteiger partial charge < -0.3 is 15.4 Å². The van der Waals surface area contributed by atoms with Crippen LogP contribution >= 0.6 is 0 Å². The summed E-state index contributed by atoms with van der Waals surface area (Å²) in [6.07, 6.45) is 3.23. The Bertz CT molecular complexity index is 700. The third-order valence-electron chi connectivity index (χ3n) is 2.97. The van der Waals surface area contributed by atoms with Crippen LogP contribution in [0.1, 0.15) is 21.6 Å². The number of aliphatic hydroxyl groups excluding tert-OH is 1. The molecule has 19 heavy (non-hydrogen) atoms. The lowest BCUT2D eigenvalue weighted by atomic mass is 10.1. The van der Waals surface area contributed by atoms with Gasteiger partial charge in [-0.15, -0.1) is 0 Å². The van der Waals surface area contributed by atoms with Crippen LogP contribution in [0.2, 0.25) is 0 Å². The summed E-state index contributed by atoms with van der Waals surface area (Å²) in [7, 11) is 0. The topological polar surface area (TPSA) is 89.8 Å². The molecule has 1 aromatic heterocycles. The van der Waals surface area contributed by atoms with Crippen molar-refractivity contribution in [1.29, 1.82) is 0 Å². The van der Waals surface area contributed by atoms with Gasteiger partial charge in [-0.1, -0.05) is 12.1 Å². The van der Waals surface area contributed by atoms with Crippen LogP contribution in [-0.2, 0) is 0 Å². The van der Waals surface area contributed by atoms with Gasteiger partial charge in [0.1, 0.15) is 5.69 Å². The maximum atomic E-state index is 12.0. The number of aromatic nitrogens is 1. The van der Waals surface area contributed by atoms with E-state index in [0.717, 1.165) is 22.0 Å². The lowest BCUT2D eigenvalue weighted by Gasteiger charge is -2.01. The van der Waals surface area contributed by atoms with E-state index in [1.54, 1.807) is 12.4 Å². The van der Waals surface area contributed by atoms with Crippen molar-refractivity contribution in [2.45, 2.75) is 0 Å². The molecule has 2 heterocycles. The molecule has 2 aromatic rings. The van der Waals surface area contributed by atoms with Gasteiger partial charge in [-0.2, -0.15) is 10.2 Å². The van der Waals surface area contributed by atoms with E-state index in [1.807, 2.05) is 18.2 Å². The number of benzene rings is 1. The van der Waals surface area contributed by atoms with Crippen LogP contribution in [0.15, 0.2) is 28.4 Å². The number of aliphatic hydroxyl groups is 1. The molecule has 0 fully saturated rings. The number of nitrogens with one attached hydrogen (secondary N) is 2. The number of amides is 1. The Labute approximate surface area is 108 Å². The summed E-state index contributed by atoms with van der Waals surface area (Å²) >= 11 is 0. The summed E-state index contributed by atoms with van der Waals surface area (Å²) < 4.78 is 0. The molecule has 0 radical (unpaired) electrons. The van der Waals surface area contributed by atoms with Crippen molar-refractivity contribution in [2.24, 2.45) is 10.2 Å². The number of carbonyl (C=O) groups is 1. The first-order valence-electron chi connectivity index (χ1n) is 5.91. The van der Waals surface area contributed by atoms with Crippen molar-refractivity contribution < 1.29 is 9.90 Å². The van der Waals surface area contributed by atoms with E-state index in [-0.39, 0.29) is 19.1 Å². The highest BCUT2D eigenvalue weighted by molar-refractivity contribution is 6.15. The smallest absolute Gasteiger partial charge is 0.268 e. The first-order chi connectivity index (χ1) is 9.31. The number of hydrogen-bond donors (Lipinski definition) is 3. The minimum atomic E-state index is -0.264. The number of hydrogen-bond acceptors (Lipinski definition) is 4. The Hall–Kier alpha value is -2.47. The van der Waals surface area contributed by atoms with E-state index in [2.05, 4.69) is 20.5 Å². The second-order valence-corrected chi connectivity index (χ2v) is 4.15. The van der Waals surface area contributed by atoms with Gasteiger partial charge in [0, 0.05) is 28.6 Å². The van der Waals surface area contributed by atoms with Gasteiger partial charge in [-0.25, -0.2) is 0 Å². The average Bonchev–Trinajstić information content (AvgIpc) is 2.66. The molecule has 1 aliphatic heterocycles. The molecule has 3 N–H and O–H groups in total. The monoisotopic (exact) mass is 256 g/mol. The summed E-state index contributed by atoms with van der Waals surface area (Å²) in [5.41, 5.74) is 2.94. The molecular weight excluding hydrogens is 244 g/mol. The van der Waals surface area contributed by atoms with E-state index >= 15 is 0 Å². The minimum absolute atomic E-state index is 0.0935. The number of aromatic amines is 1. The van der Waals surface area contributed by atoms with Crippen LogP contribution in [0.25, 0.3) is 10.9 Å². The molecule has 0 saturated heterocycles. The summed E-state index contributed by atoms with van der Waals surface area (Å²) in [4.78, 5) is 15.1. The Balaban J connectivity index is 2.16. The maximum Gasteiger partial charge on any atom is 0.268 e. The van der Waals surface area contributed by atoms with Crippen molar-refractivity contribution in [3.8, 4) is 0 Å². The quantitative estimate of drug-likeness (QED) is 0.752. The molecule has 0 aliphatic carbocycles. The van der Waals surface area contributed by atoms with Crippen LogP contribution < -0.4 is 5.32 Å². The fourth-order valence-corrected chi connectivity index (χ4v) is 2.16. The summed E-state index contributed by atoms with van der Waals surface area (Å²) in [5, 5.41) is 20.1. The molecule has 1 amide bonds. The van der Waals surface area contributed by atoms with Crippen LogP contribution in [0, 0.1) is 0 Å². The lowest BCUT2D eigenvalue weighted by molar-refractivity contribution is 0.0940. The first kappa shape index (κ1) is 11.6.